The Kier molecular flexibility index (Phi) is 3.00. The summed E-state index contributed by atoms with van der Waals surface area (Å²) < 4.78 is 0. The number of carbonyl (C=O) groups is 2. The first kappa shape index (κ1) is 9.90. The van der Waals surface area contributed by atoms with Crippen LogP contribution >= 0.6 is 0 Å². The average molecular weight is 160 g/mol. The van der Waals surface area contributed by atoms with Gasteiger partial charge >= 0.3 is 5.97 Å². The average Bonchev–Trinajstić information content (AvgIpc) is 1.87. The molecule has 0 heterocycles. The first-order valence-corrected chi connectivity index (χ1v) is 3.27. The van der Waals surface area contributed by atoms with Crippen molar-refractivity contribution in [3.63, 3.8) is 0 Å². The molecule has 5 nitrogen and oxygen atoms in total. The van der Waals surface area contributed by atoms with Crippen molar-refractivity contribution >= 4 is 11.9 Å². The molecular formula is C6H12N2O3. The van der Waals surface area contributed by atoms with E-state index in [0.717, 1.165) is 0 Å². The summed E-state index contributed by atoms with van der Waals surface area (Å²) in [4.78, 5) is 21.0. The number of aliphatic carboxylic acids is 1. The Bertz CT molecular complexity index is 165. The first-order chi connectivity index (χ1) is 4.95. The van der Waals surface area contributed by atoms with Crippen LogP contribution in [-0.4, -0.2) is 22.5 Å². The number of amides is 1. The lowest BCUT2D eigenvalue weighted by Crippen LogP contribution is -2.58. The number of primary amides is 1. The molecule has 11 heavy (non-hydrogen) atoms. The van der Waals surface area contributed by atoms with Crippen LogP contribution in [0, 0.1) is 0 Å². The molecule has 5 N–H and O–H groups in total. The van der Waals surface area contributed by atoms with Crippen LogP contribution < -0.4 is 11.5 Å². The molecule has 0 aromatic rings. The molecule has 0 aliphatic heterocycles. The molecule has 0 aromatic carbocycles. The molecule has 0 aromatic heterocycles. The Hall–Kier alpha value is -1.10. The van der Waals surface area contributed by atoms with E-state index in [9.17, 15) is 9.59 Å². The summed E-state index contributed by atoms with van der Waals surface area (Å²) in [5.74, 6) is -2.36. The highest BCUT2D eigenvalue weighted by Crippen LogP contribution is 2.08. The molecule has 5 heteroatoms. The predicted octanol–water partition coefficient (Wildman–Crippen LogP) is -0.946. The number of nitrogens with two attached hydrogens (primary N) is 2. The van der Waals surface area contributed by atoms with E-state index < -0.39 is 17.4 Å². The van der Waals surface area contributed by atoms with E-state index in [-0.39, 0.29) is 6.42 Å². The van der Waals surface area contributed by atoms with Gasteiger partial charge in [0.1, 0.15) is 0 Å². The molecule has 0 bridgehead atoms. The Morgan fingerprint density at radius 2 is 2.00 bits per heavy atom. The number of carbonyl (C=O) groups excluding carboxylic acids is 1. The van der Waals surface area contributed by atoms with Crippen LogP contribution in [-0.2, 0) is 9.59 Å². The van der Waals surface area contributed by atoms with Crippen LogP contribution in [0.1, 0.15) is 19.8 Å². The van der Waals surface area contributed by atoms with E-state index in [1.54, 1.807) is 6.92 Å². The molecule has 0 spiro atoms. The minimum absolute atomic E-state index is 0.0671. The summed E-state index contributed by atoms with van der Waals surface area (Å²) in [5, 5.41) is 8.51. The van der Waals surface area contributed by atoms with Crippen molar-refractivity contribution in [1.82, 2.24) is 0 Å². The fourth-order valence-corrected chi connectivity index (χ4v) is 0.730. The standard InChI is InChI=1S/C6H12N2O3/c1-2-3-6(8,4(7)9)5(10)11/h2-3,8H2,1H3,(H2,7,9)(H,10,11)/t6-/m1/s1. The molecule has 0 rings (SSSR count). The molecule has 1 atom stereocenters. The van der Waals surface area contributed by atoms with Crippen molar-refractivity contribution in [2.45, 2.75) is 25.3 Å². The fraction of sp³-hybridized carbons (Fsp3) is 0.667. The summed E-state index contributed by atoms with van der Waals surface area (Å²) in [6, 6.07) is 0. The SMILES string of the molecule is CCC[C@@](N)(C(N)=O)C(=O)O. The van der Waals surface area contributed by atoms with Gasteiger partial charge in [0, 0.05) is 0 Å². The molecular weight excluding hydrogens is 148 g/mol. The third kappa shape index (κ3) is 1.91. The van der Waals surface area contributed by atoms with Gasteiger partial charge in [-0.3, -0.25) is 4.79 Å². The highest BCUT2D eigenvalue weighted by atomic mass is 16.4. The van der Waals surface area contributed by atoms with Gasteiger partial charge in [-0.2, -0.15) is 0 Å². The number of carboxylic acid groups (broad SMARTS) is 1. The lowest BCUT2D eigenvalue weighted by molar-refractivity contribution is -0.148. The maximum absolute atomic E-state index is 10.6. The van der Waals surface area contributed by atoms with Gasteiger partial charge in [0.05, 0.1) is 0 Å². The molecule has 0 saturated carbocycles. The fourth-order valence-electron chi connectivity index (χ4n) is 0.730. The van der Waals surface area contributed by atoms with Crippen LogP contribution in [0.2, 0.25) is 0 Å². The van der Waals surface area contributed by atoms with E-state index in [1.165, 1.54) is 0 Å². The molecule has 64 valence electrons. The predicted molar refractivity (Wildman–Crippen MR) is 38.7 cm³/mol. The molecule has 0 radical (unpaired) electrons. The monoisotopic (exact) mass is 160 g/mol. The van der Waals surface area contributed by atoms with E-state index in [0.29, 0.717) is 6.42 Å². The summed E-state index contributed by atoms with van der Waals surface area (Å²) in [5.41, 5.74) is 8.14. The van der Waals surface area contributed by atoms with Gasteiger partial charge in [-0.25, -0.2) is 4.79 Å². The van der Waals surface area contributed by atoms with E-state index in [4.69, 9.17) is 16.6 Å². The third-order valence-electron chi connectivity index (χ3n) is 1.47. The summed E-state index contributed by atoms with van der Waals surface area (Å²) in [7, 11) is 0. The zero-order chi connectivity index (χ0) is 9.07. The van der Waals surface area contributed by atoms with Gasteiger partial charge in [-0.15, -0.1) is 0 Å². The van der Waals surface area contributed by atoms with Gasteiger partial charge in [0.25, 0.3) is 0 Å². The topological polar surface area (TPSA) is 106 Å². The maximum atomic E-state index is 10.6. The Balaban J connectivity index is 4.52. The molecule has 1 amide bonds. The zero-order valence-corrected chi connectivity index (χ0v) is 6.33. The van der Waals surface area contributed by atoms with Crippen molar-refractivity contribution in [3.8, 4) is 0 Å². The van der Waals surface area contributed by atoms with Crippen LogP contribution in [0.4, 0.5) is 0 Å². The minimum atomic E-state index is -1.89. The van der Waals surface area contributed by atoms with Crippen molar-refractivity contribution < 1.29 is 14.7 Å². The van der Waals surface area contributed by atoms with Crippen LogP contribution in [0.15, 0.2) is 0 Å². The second kappa shape index (κ2) is 3.34. The minimum Gasteiger partial charge on any atom is -0.479 e. The lowest BCUT2D eigenvalue weighted by Gasteiger charge is -2.19. The van der Waals surface area contributed by atoms with Crippen molar-refractivity contribution in [2.24, 2.45) is 11.5 Å². The van der Waals surface area contributed by atoms with Crippen LogP contribution in [0.5, 0.6) is 0 Å². The van der Waals surface area contributed by atoms with E-state index in [1.807, 2.05) is 0 Å². The van der Waals surface area contributed by atoms with Gasteiger partial charge in [-0.05, 0) is 6.42 Å². The molecule has 0 aliphatic rings. The smallest absolute Gasteiger partial charge is 0.333 e. The van der Waals surface area contributed by atoms with Gasteiger partial charge in [0.15, 0.2) is 5.54 Å². The third-order valence-corrected chi connectivity index (χ3v) is 1.47. The van der Waals surface area contributed by atoms with Crippen molar-refractivity contribution in [2.75, 3.05) is 0 Å². The Morgan fingerprint density at radius 1 is 1.55 bits per heavy atom. The number of hydrogen-bond donors (Lipinski definition) is 3. The van der Waals surface area contributed by atoms with Gasteiger partial charge in [0.2, 0.25) is 5.91 Å². The van der Waals surface area contributed by atoms with Crippen LogP contribution in [0.25, 0.3) is 0 Å². The summed E-state index contributed by atoms with van der Waals surface area (Å²) >= 11 is 0. The number of carboxylic acids is 1. The first-order valence-electron chi connectivity index (χ1n) is 3.27. The summed E-state index contributed by atoms with van der Waals surface area (Å²) in [6.45, 7) is 1.73. The highest BCUT2D eigenvalue weighted by molar-refractivity contribution is 6.05. The maximum Gasteiger partial charge on any atom is 0.333 e. The van der Waals surface area contributed by atoms with Crippen molar-refractivity contribution in [3.05, 3.63) is 0 Å². The second-order valence-corrected chi connectivity index (χ2v) is 2.39. The molecule has 0 fully saturated rings. The number of hydrogen-bond acceptors (Lipinski definition) is 3. The quantitative estimate of drug-likeness (QED) is 0.461. The largest absolute Gasteiger partial charge is 0.479 e. The molecule has 0 saturated heterocycles. The lowest BCUT2D eigenvalue weighted by atomic mass is 9.94. The molecule has 0 unspecified atom stereocenters. The second-order valence-electron chi connectivity index (χ2n) is 2.39. The van der Waals surface area contributed by atoms with Gasteiger partial charge < -0.3 is 16.6 Å². The van der Waals surface area contributed by atoms with E-state index in [2.05, 4.69) is 0 Å². The van der Waals surface area contributed by atoms with Crippen molar-refractivity contribution in [1.29, 1.82) is 0 Å². The van der Waals surface area contributed by atoms with Crippen LogP contribution in [0.3, 0.4) is 0 Å². The highest BCUT2D eigenvalue weighted by Gasteiger charge is 2.39. The Labute approximate surface area is 64.4 Å². The summed E-state index contributed by atoms with van der Waals surface area (Å²) in [6.07, 6.45) is 0.573. The zero-order valence-electron chi connectivity index (χ0n) is 6.33. The van der Waals surface area contributed by atoms with E-state index >= 15 is 0 Å². The molecule has 0 aliphatic carbocycles. The normalized spacial score (nSPS) is 15.5. The Morgan fingerprint density at radius 3 is 2.09 bits per heavy atom. The number of rotatable bonds is 4. The van der Waals surface area contributed by atoms with Gasteiger partial charge in [-0.1, -0.05) is 13.3 Å².